The van der Waals surface area contributed by atoms with Gasteiger partial charge in [-0.15, -0.1) is 0 Å². The van der Waals surface area contributed by atoms with Crippen molar-refractivity contribution in [2.75, 3.05) is 10.6 Å². The molecule has 0 aliphatic heterocycles. The monoisotopic (exact) mass is 417 g/mol. The predicted octanol–water partition coefficient (Wildman–Crippen LogP) is 2.24. The lowest BCUT2D eigenvalue weighted by molar-refractivity contribution is 0.102. The number of nitrogens with two attached hydrogens (primary N) is 1. The van der Waals surface area contributed by atoms with Gasteiger partial charge in [-0.2, -0.15) is 10.2 Å². The summed E-state index contributed by atoms with van der Waals surface area (Å²) in [5.41, 5.74) is 8.47. The first-order valence-corrected chi connectivity index (χ1v) is 10.3. The van der Waals surface area contributed by atoms with Crippen LogP contribution in [0.15, 0.2) is 55.4 Å². The van der Waals surface area contributed by atoms with Crippen molar-refractivity contribution in [1.82, 2.24) is 29.4 Å². The van der Waals surface area contributed by atoms with Gasteiger partial charge in [0.2, 0.25) is 0 Å². The first kappa shape index (κ1) is 19.2. The first-order chi connectivity index (χ1) is 15.2. The minimum Gasteiger partial charge on any atom is -0.366 e. The van der Waals surface area contributed by atoms with Gasteiger partial charge < -0.3 is 16.4 Å². The van der Waals surface area contributed by atoms with E-state index in [9.17, 15) is 4.79 Å². The van der Waals surface area contributed by atoms with E-state index in [2.05, 4.69) is 30.8 Å². The van der Waals surface area contributed by atoms with Gasteiger partial charge >= 0.3 is 0 Å². The maximum atomic E-state index is 12.9. The quantitative estimate of drug-likeness (QED) is 0.454. The summed E-state index contributed by atoms with van der Waals surface area (Å²) >= 11 is 0. The van der Waals surface area contributed by atoms with Gasteiger partial charge in [-0.05, 0) is 31.0 Å². The summed E-state index contributed by atoms with van der Waals surface area (Å²) in [7, 11) is 0. The summed E-state index contributed by atoms with van der Waals surface area (Å²) in [6.45, 7) is 0. The molecule has 1 aliphatic rings. The van der Waals surface area contributed by atoms with Crippen LogP contribution < -0.4 is 16.4 Å². The Balaban J connectivity index is 1.35. The number of fused-ring (bicyclic) bond motifs is 1. The average Bonchev–Trinajstić information content (AvgIpc) is 3.43. The van der Waals surface area contributed by atoms with Crippen molar-refractivity contribution in [2.24, 2.45) is 5.73 Å². The Morgan fingerprint density at radius 3 is 2.87 bits per heavy atom. The lowest BCUT2D eigenvalue weighted by Crippen LogP contribution is -2.42. The third-order valence-electron chi connectivity index (χ3n) is 5.52. The Morgan fingerprint density at radius 2 is 2.03 bits per heavy atom. The fourth-order valence-corrected chi connectivity index (χ4v) is 3.85. The van der Waals surface area contributed by atoms with Crippen LogP contribution in [-0.4, -0.2) is 47.4 Å². The van der Waals surface area contributed by atoms with E-state index in [4.69, 9.17) is 5.73 Å². The lowest BCUT2D eigenvalue weighted by Gasteiger charge is -2.29. The summed E-state index contributed by atoms with van der Waals surface area (Å²) in [4.78, 5) is 21.6. The van der Waals surface area contributed by atoms with Crippen LogP contribution in [0.25, 0.3) is 11.3 Å². The number of nitrogens with zero attached hydrogens (tertiary/aromatic N) is 6. The number of carbonyl (C=O) groups excluding carboxylic acids is 1. The topological polar surface area (TPSA) is 128 Å². The van der Waals surface area contributed by atoms with Gasteiger partial charge in [0.1, 0.15) is 11.4 Å². The molecule has 1 aliphatic carbocycles. The molecule has 1 saturated carbocycles. The molecule has 1 fully saturated rings. The van der Waals surface area contributed by atoms with Gasteiger partial charge in [-0.25, -0.2) is 14.2 Å². The molecule has 4 aromatic heterocycles. The number of carbonyl (C=O) groups is 1. The molecule has 0 bridgehead atoms. The number of anilines is 2. The highest BCUT2D eigenvalue weighted by Crippen LogP contribution is 2.21. The zero-order valence-corrected chi connectivity index (χ0v) is 16.8. The second-order valence-corrected chi connectivity index (χ2v) is 7.68. The van der Waals surface area contributed by atoms with E-state index in [1.807, 2.05) is 18.2 Å². The molecule has 4 N–H and O–H groups in total. The Hall–Kier alpha value is -3.79. The molecule has 31 heavy (non-hydrogen) atoms. The van der Waals surface area contributed by atoms with Gasteiger partial charge in [-0.3, -0.25) is 9.78 Å². The summed E-state index contributed by atoms with van der Waals surface area (Å²) in [5.74, 6) is 0.383. The average molecular weight is 417 g/mol. The normalized spacial score (nSPS) is 18.7. The molecule has 0 spiro atoms. The van der Waals surface area contributed by atoms with Crippen LogP contribution in [0.3, 0.4) is 0 Å². The van der Waals surface area contributed by atoms with Crippen LogP contribution >= 0.6 is 0 Å². The van der Waals surface area contributed by atoms with E-state index in [0.29, 0.717) is 22.7 Å². The fourth-order valence-electron chi connectivity index (χ4n) is 3.85. The molecular formula is C21H23N9O. The van der Waals surface area contributed by atoms with E-state index in [1.54, 1.807) is 40.2 Å². The number of pyridine rings is 1. The number of rotatable bonds is 5. The molecule has 2 unspecified atom stereocenters. The van der Waals surface area contributed by atoms with E-state index in [1.165, 1.54) is 6.20 Å². The number of hydrogen-bond donors (Lipinski definition) is 3. The van der Waals surface area contributed by atoms with Crippen LogP contribution in [0.2, 0.25) is 0 Å². The van der Waals surface area contributed by atoms with E-state index >= 15 is 0 Å². The number of nitrogens with one attached hydrogen (secondary N) is 2. The highest BCUT2D eigenvalue weighted by Gasteiger charge is 2.22. The smallest absolute Gasteiger partial charge is 0.261 e. The van der Waals surface area contributed by atoms with E-state index < -0.39 is 0 Å². The molecule has 158 valence electrons. The summed E-state index contributed by atoms with van der Waals surface area (Å²) in [5, 5.41) is 14.8. The first-order valence-electron chi connectivity index (χ1n) is 10.3. The SMILES string of the molecule is NC1CCCCC1Nc1ccn2ncc(C(=O)Nc3cnn(-c4cccnc4)c3)c2n1. The van der Waals surface area contributed by atoms with Gasteiger partial charge in [0, 0.05) is 24.5 Å². The Labute approximate surface area is 178 Å². The molecule has 10 nitrogen and oxygen atoms in total. The Bertz CT molecular complexity index is 1200. The predicted molar refractivity (Wildman–Crippen MR) is 116 cm³/mol. The number of aromatic nitrogens is 6. The van der Waals surface area contributed by atoms with E-state index in [-0.39, 0.29) is 18.0 Å². The third-order valence-corrected chi connectivity index (χ3v) is 5.52. The van der Waals surface area contributed by atoms with Crippen molar-refractivity contribution >= 4 is 23.1 Å². The molecular weight excluding hydrogens is 394 g/mol. The third kappa shape index (κ3) is 3.97. The Kier molecular flexibility index (Phi) is 5.04. The second-order valence-electron chi connectivity index (χ2n) is 7.68. The Morgan fingerprint density at radius 1 is 1.13 bits per heavy atom. The number of hydrogen-bond acceptors (Lipinski definition) is 7. The van der Waals surface area contributed by atoms with Crippen LogP contribution in [0.1, 0.15) is 36.0 Å². The fraction of sp³-hybridized carbons (Fsp3) is 0.286. The van der Waals surface area contributed by atoms with Crippen molar-refractivity contribution in [3.05, 3.63) is 60.9 Å². The van der Waals surface area contributed by atoms with Gasteiger partial charge in [0.15, 0.2) is 5.65 Å². The molecule has 10 heteroatoms. The van der Waals surface area contributed by atoms with Gasteiger partial charge in [0.25, 0.3) is 5.91 Å². The second kappa shape index (κ2) is 8.15. The number of amides is 1. The van der Waals surface area contributed by atoms with Gasteiger partial charge in [0.05, 0.1) is 36.2 Å². The highest BCUT2D eigenvalue weighted by molar-refractivity contribution is 6.08. The lowest BCUT2D eigenvalue weighted by atomic mass is 9.91. The maximum Gasteiger partial charge on any atom is 0.261 e. The molecule has 0 aromatic carbocycles. The largest absolute Gasteiger partial charge is 0.366 e. The van der Waals surface area contributed by atoms with Crippen LogP contribution in [0.5, 0.6) is 0 Å². The summed E-state index contributed by atoms with van der Waals surface area (Å²) in [6.07, 6.45) is 14.3. The molecule has 2 atom stereocenters. The summed E-state index contributed by atoms with van der Waals surface area (Å²) < 4.78 is 3.23. The van der Waals surface area contributed by atoms with Crippen molar-refractivity contribution in [1.29, 1.82) is 0 Å². The van der Waals surface area contributed by atoms with Crippen molar-refractivity contribution in [3.63, 3.8) is 0 Å². The van der Waals surface area contributed by atoms with E-state index in [0.717, 1.165) is 31.4 Å². The van der Waals surface area contributed by atoms with Crippen LogP contribution in [-0.2, 0) is 0 Å². The molecule has 0 saturated heterocycles. The minimum atomic E-state index is -0.306. The standard InChI is InChI=1S/C21H23N9O/c22-17-5-1-2-6-18(17)27-19-7-9-29-20(28-19)16(12-25-29)21(31)26-14-10-24-30(13-14)15-4-3-8-23-11-15/h3-4,7-13,17-18H,1-2,5-6,22H2,(H,26,31)(H,27,28). The van der Waals surface area contributed by atoms with Crippen molar-refractivity contribution in [3.8, 4) is 5.69 Å². The molecule has 0 radical (unpaired) electrons. The van der Waals surface area contributed by atoms with Crippen LogP contribution in [0.4, 0.5) is 11.5 Å². The zero-order valence-electron chi connectivity index (χ0n) is 16.8. The molecule has 4 heterocycles. The summed E-state index contributed by atoms with van der Waals surface area (Å²) in [6, 6.07) is 5.85. The molecule has 1 amide bonds. The highest BCUT2D eigenvalue weighted by atomic mass is 16.1. The maximum absolute atomic E-state index is 12.9. The molecule has 5 rings (SSSR count). The van der Waals surface area contributed by atoms with Crippen molar-refractivity contribution < 1.29 is 4.79 Å². The van der Waals surface area contributed by atoms with Crippen LogP contribution in [0, 0.1) is 0 Å². The minimum absolute atomic E-state index is 0.107. The zero-order chi connectivity index (χ0) is 21.2. The van der Waals surface area contributed by atoms with Crippen molar-refractivity contribution in [2.45, 2.75) is 37.8 Å². The molecule has 4 aromatic rings. The van der Waals surface area contributed by atoms with Gasteiger partial charge in [-0.1, -0.05) is 12.8 Å².